The molecule has 29 heavy (non-hydrogen) atoms. The summed E-state index contributed by atoms with van der Waals surface area (Å²) in [5.74, 6) is 0. The fraction of sp³-hybridized carbons (Fsp3) is 0.227. The van der Waals surface area contributed by atoms with E-state index in [0.29, 0.717) is 16.1 Å². The first-order valence-corrected chi connectivity index (χ1v) is 11.0. The average molecular weight is 432 g/mol. The van der Waals surface area contributed by atoms with Crippen molar-refractivity contribution in [1.82, 2.24) is 0 Å². The molecule has 0 radical (unpaired) electrons. The van der Waals surface area contributed by atoms with E-state index in [1.165, 1.54) is 0 Å². The molecule has 0 spiro atoms. The quantitative estimate of drug-likeness (QED) is 0.630. The highest BCUT2D eigenvalue weighted by atomic mass is 35.5. The number of hydrogen-bond acceptors (Lipinski definition) is 3. The van der Waals surface area contributed by atoms with Gasteiger partial charge in [-0.2, -0.15) is 0 Å². The van der Waals surface area contributed by atoms with E-state index in [0.717, 1.165) is 5.56 Å². The maximum atomic E-state index is 12.9. The highest BCUT2D eigenvalue weighted by molar-refractivity contribution is 7.92. The van der Waals surface area contributed by atoms with Crippen molar-refractivity contribution >= 4 is 27.3 Å². The highest BCUT2D eigenvalue weighted by Gasteiger charge is 2.22. The van der Waals surface area contributed by atoms with Crippen LogP contribution >= 0.6 is 11.6 Å². The van der Waals surface area contributed by atoms with Crippen LogP contribution in [-0.4, -0.2) is 13.5 Å². The Labute approximate surface area is 176 Å². The molecule has 152 valence electrons. The van der Waals surface area contributed by atoms with Gasteiger partial charge in [0.05, 0.1) is 10.6 Å². The summed E-state index contributed by atoms with van der Waals surface area (Å²) in [7, 11) is -3.84. The number of halogens is 1. The van der Waals surface area contributed by atoms with E-state index in [1.807, 2.05) is 12.1 Å². The van der Waals surface area contributed by atoms with E-state index in [-0.39, 0.29) is 16.0 Å². The summed E-state index contributed by atoms with van der Waals surface area (Å²) in [6.45, 7) is 6.20. The minimum atomic E-state index is -3.84. The Morgan fingerprint density at radius 3 is 2.21 bits per heavy atom. The molecule has 3 aromatic rings. The normalized spacial score (nSPS) is 13.1. The van der Waals surface area contributed by atoms with Gasteiger partial charge < -0.3 is 5.11 Å². The van der Waals surface area contributed by atoms with Crippen LogP contribution in [0.1, 0.15) is 43.6 Å². The van der Waals surface area contributed by atoms with Gasteiger partial charge in [-0.25, -0.2) is 13.4 Å². The molecule has 3 rings (SSSR count). The van der Waals surface area contributed by atoms with Crippen LogP contribution in [-0.2, 0) is 15.4 Å². The third kappa shape index (κ3) is 4.96. The number of rotatable bonds is 5. The fourth-order valence-corrected chi connectivity index (χ4v) is 4.22. The minimum Gasteiger partial charge on any atom is -0.384 e. The largest absolute Gasteiger partial charge is 0.384 e. The SMILES string of the molecule is CC(C)(C)c1ccc(S(=O)(=O)Nc2ccc(Cl)cc2C(O)c2cc[nH+]cc2)cc1. The lowest BCUT2D eigenvalue weighted by atomic mass is 9.87. The zero-order chi connectivity index (χ0) is 21.2. The second-order valence-electron chi connectivity index (χ2n) is 7.85. The van der Waals surface area contributed by atoms with Crippen LogP contribution in [0, 0.1) is 0 Å². The number of benzene rings is 2. The molecule has 1 atom stereocenters. The summed E-state index contributed by atoms with van der Waals surface area (Å²) in [5, 5.41) is 11.2. The Balaban J connectivity index is 1.95. The Morgan fingerprint density at radius 1 is 1.00 bits per heavy atom. The van der Waals surface area contributed by atoms with Crippen molar-refractivity contribution in [2.45, 2.75) is 37.2 Å². The van der Waals surface area contributed by atoms with Crippen molar-refractivity contribution < 1.29 is 18.5 Å². The van der Waals surface area contributed by atoms with Gasteiger partial charge in [0.1, 0.15) is 6.10 Å². The maximum Gasteiger partial charge on any atom is 0.261 e. The lowest BCUT2D eigenvalue weighted by molar-refractivity contribution is -0.378. The molecule has 3 N–H and O–H groups in total. The predicted octanol–water partition coefficient (Wildman–Crippen LogP) is 4.33. The van der Waals surface area contributed by atoms with Crippen molar-refractivity contribution in [3.8, 4) is 0 Å². The van der Waals surface area contributed by atoms with E-state index >= 15 is 0 Å². The van der Waals surface area contributed by atoms with Crippen LogP contribution in [0.4, 0.5) is 5.69 Å². The molecule has 1 aromatic heterocycles. The van der Waals surface area contributed by atoms with Gasteiger partial charge in [0.25, 0.3) is 10.0 Å². The van der Waals surface area contributed by atoms with E-state index in [2.05, 4.69) is 30.5 Å². The first kappa shape index (κ1) is 21.3. The van der Waals surface area contributed by atoms with Gasteiger partial charge in [0.15, 0.2) is 12.4 Å². The van der Waals surface area contributed by atoms with Gasteiger partial charge in [0.2, 0.25) is 0 Å². The van der Waals surface area contributed by atoms with Crippen molar-refractivity contribution in [3.63, 3.8) is 0 Å². The van der Waals surface area contributed by atoms with Crippen LogP contribution in [0.3, 0.4) is 0 Å². The molecule has 1 unspecified atom stereocenters. The number of nitrogens with one attached hydrogen (secondary N) is 2. The Hall–Kier alpha value is -2.41. The van der Waals surface area contributed by atoms with E-state index < -0.39 is 16.1 Å². The summed E-state index contributed by atoms with van der Waals surface area (Å²) >= 11 is 6.10. The number of hydrogen-bond donors (Lipinski definition) is 2. The number of anilines is 1. The standard InChI is InChI=1S/C22H23ClN2O3S/c1-22(2,3)16-4-7-18(8-5-16)29(27,28)25-20-9-6-17(23)14-19(20)21(26)15-10-12-24-13-11-15/h4-14,21,25-26H,1-3H3/p+1. The van der Waals surface area contributed by atoms with Crippen molar-refractivity contribution in [3.05, 3.63) is 88.7 Å². The summed E-state index contributed by atoms with van der Waals surface area (Å²) in [5.41, 5.74) is 2.23. The number of aromatic nitrogens is 1. The van der Waals surface area contributed by atoms with Gasteiger partial charge >= 0.3 is 0 Å². The number of sulfonamides is 1. The highest BCUT2D eigenvalue weighted by Crippen LogP contribution is 2.32. The van der Waals surface area contributed by atoms with Crippen molar-refractivity contribution in [1.29, 1.82) is 0 Å². The molecule has 7 heteroatoms. The lowest BCUT2D eigenvalue weighted by Gasteiger charge is -2.20. The second kappa shape index (κ2) is 8.14. The second-order valence-corrected chi connectivity index (χ2v) is 9.97. The van der Waals surface area contributed by atoms with Crippen molar-refractivity contribution in [2.75, 3.05) is 4.72 Å². The molecular weight excluding hydrogens is 408 g/mol. The lowest BCUT2D eigenvalue weighted by Crippen LogP contribution is -2.16. The van der Waals surface area contributed by atoms with E-state index in [1.54, 1.807) is 54.9 Å². The maximum absolute atomic E-state index is 12.9. The molecule has 0 aliphatic heterocycles. The molecular formula is C22H24ClN2O3S+. The topological polar surface area (TPSA) is 80.5 Å². The fourth-order valence-electron chi connectivity index (χ4n) is 2.95. The van der Waals surface area contributed by atoms with Gasteiger partial charge in [-0.05, 0) is 46.9 Å². The predicted molar refractivity (Wildman–Crippen MR) is 114 cm³/mol. The summed E-state index contributed by atoms with van der Waals surface area (Å²) in [6, 6.07) is 14.9. The smallest absolute Gasteiger partial charge is 0.261 e. The molecule has 0 fully saturated rings. The molecule has 0 aliphatic carbocycles. The average Bonchev–Trinajstić information content (AvgIpc) is 2.69. The van der Waals surface area contributed by atoms with Gasteiger partial charge in [-0.15, -0.1) is 0 Å². The third-order valence-electron chi connectivity index (χ3n) is 4.64. The summed E-state index contributed by atoms with van der Waals surface area (Å²) in [4.78, 5) is 3.04. The Morgan fingerprint density at radius 2 is 1.62 bits per heavy atom. The van der Waals surface area contributed by atoms with Gasteiger partial charge in [0, 0.05) is 22.7 Å². The summed E-state index contributed by atoms with van der Waals surface area (Å²) in [6.07, 6.45) is 2.33. The van der Waals surface area contributed by atoms with Crippen molar-refractivity contribution in [2.24, 2.45) is 0 Å². The molecule has 2 aromatic carbocycles. The monoisotopic (exact) mass is 431 g/mol. The van der Waals surface area contributed by atoms with Crippen LogP contribution in [0.2, 0.25) is 5.02 Å². The van der Waals surface area contributed by atoms with E-state index in [4.69, 9.17) is 11.6 Å². The zero-order valence-electron chi connectivity index (χ0n) is 16.5. The number of aliphatic hydroxyl groups excluding tert-OH is 1. The first-order chi connectivity index (χ1) is 13.6. The molecule has 0 aliphatic rings. The number of aliphatic hydroxyl groups is 1. The molecule has 5 nitrogen and oxygen atoms in total. The molecule has 0 bridgehead atoms. The number of H-pyrrole nitrogens is 1. The Bertz CT molecular complexity index is 1090. The number of aromatic amines is 1. The Kier molecular flexibility index (Phi) is 5.98. The van der Waals surface area contributed by atoms with Crippen LogP contribution in [0.25, 0.3) is 0 Å². The molecule has 0 saturated heterocycles. The number of pyridine rings is 1. The van der Waals surface area contributed by atoms with Gasteiger partial charge in [-0.1, -0.05) is 44.5 Å². The third-order valence-corrected chi connectivity index (χ3v) is 6.26. The zero-order valence-corrected chi connectivity index (χ0v) is 18.1. The first-order valence-electron chi connectivity index (χ1n) is 9.15. The molecule has 1 heterocycles. The summed E-state index contributed by atoms with van der Waals surface area (Å²) < 4.78 is 28.4. The van der Waals surface area contributed by atoms with Crippen LogP contribution in [0.15, 0.2) is 71.9 Å². The molecule has 0 saturated carbocycles. The van der Waals surface area contributed by atoms with Gasteiger partial charge in [-0.3, -0.25) is 4.72 Å². The minimum absolute atomic E-state index is 0.0731. The molecule has 0 amide bonds. The van der Waals surface area contributed by atoms with Crippen LogP contribution < -0.4 is 9.71 Å². The van der Waals surface area contributed by atoms with Crippen LogP contribution in [0.5, 0.6) is 0 Å². The van der Waals surface area contributed by atoms with E-state index in [9.17, 15) is 13.5 Å².